The van der Waals surface area contributed by atoms with Crippen molar-refractivity contribution in [3.05, 3.63) is 54.1 Å². The molecule has 8 nitrogen and oxygen atoms in total. The van der Waals surface area contributed by atoms with Crippen LogP contribution < -0.4 is 4.74 Å². The van der Waals surface area contributed by atoms with Crippen molar-refractivity contribution in [2.24, 2.45) is 5.92 Å². The highest BCUT2D eigenvalue weighted by atomic mass is 32.2. The highest BCUT2D eigenvalue weighted by Crippen LogP contribution is 2.36. The minimum Gasteiger partial charge on any atom is -0.462 e. The van der Waals surface area contributed by atoms with Crippen LogP contribution in [-0.4, -0.2) is 50.6 Å². The van der Waals surface area contributed by atoms with E-state index in [0.717, 1.165) is 11.8 Å². The van der Waals surface area contributed by atoms with Gasteiger partial charge in [-0.15, -0.1) is 0 Å². The second-order valence-corrected chi connectivity index (χ2v) is 9.89. The lowest BCUT2D eigenvalue weighted by molar-refractivity contribution is -0.140. The van der Waals surface area contributed by atoms with E-state index in [2.05, 4.69) is 0 Å². The van der Waals surface area contributed by atoms with Crippen molar-refractivity contribution in [1.29, 1.82) is 0 Å². The molecule has 0 amide bonds. The lowest BCUT2D eigenvalue weighted by Gasteiger charge is -2.28. The average Bonchev–Trinajstić information content (AvgIpc) is 3.18. The SMILES string of the molecule is CCOC(=O)c1c(-c2ccccc2)oc2ccc(OC(=O)C3CCN(S(C)(=O)=O)CC3)cc12. The van der Waals surface area contributed by atoms with Crippen LogP contribution in [0.4, 0.5) is 0 Å². The first-order valence-electron chi connectivity index (χ1n) is 10.7. The van der Waals surface area contributed by atoms with E-state index in [1.807, 2.05) is 30.3 Å². The second kappa shape index (κ2) is 9.36. The van der Waals surface area contributed by atoms with Gasteiger partial charge in [-0.05, 0) is 38.0 Å². The summed E-state index contributed by atoms with van der Waals surface area (Å²) in [6, 6.07) is 14.1. The molecule has 174 valence electrons. The van der Waals surface area contributed by atoms with E-state index < -0.39 is 27.9 Å². The Morgan fingerprint density at radius 3 is 2.42 bits per heavy atom. The highest BCUT2D eigenvalue weighted by Gasteiger charge is 2.30. The topological polar surface area (TPSA) is 103 Å². The van der Waals surface area contributed by atoms with Gasteiger partial charge in [0.25, 0.3) is 0 Å². The molecule has 1 saturated heterocycles. The van der Waals surface area contributed by atoms with Crippen LogP contribution in [0.1, 0.15) is 30.1 Å². The summed E-state index contributed by atoms with van der Waals surface area (Å²) >= 11 is 0. The van der Waals surface area contributed by atoms with Gasteiger partial charge in [0.15, 0.2) is 0 Å². The summed E-state index contributed by atoms with van der Waals surface area (Å²) in [7, 11) is -3.27. The number of hydrogen-bond donors (Lipinski definition) is 0. The Labute approximate surface area is 192 Å². The molecule has 0 radical (unpaired) electrons. The molecule has 1 aliphatic heterocycles. The zero-order chi connectivity index (χ0) is 23.6. The van der Waals surface area contributed by atoms with Gasteiger partial charge in [-0.1, -0.05) is 30.3 Å². The molecule has 0 unspecified atom stereocenters. The largest absolute Gasteiger partial charge is 0.462 e. The van der Waals surface area contributed by atoms with Crippen LogP contribution in [0.5, 0.6) is 5.75 Å². The smallest absolute Gasteiger partial charge is 0.342 e. The highest BCUT2D eigenvalue weighted by molar-refractivity contribution is 7.88. The van der Waals surface area contributed by atoms with Crippen molar-refractivity contribution < 1.29 is 31.9 Å². The molecular weight excluding hydrogens is 446 g/mol. The fourth-order valence-corrected chi connectivity index (χ4v) is 4.84. The number of fused-ring (bicyclic) bond motifs is 1. The van der Waals surface area contributed by atoms with Crippen LogP contribution in [0.25, 0.3) is 22.3 Å². The monoisotopic (exact) mass is 471 g/mol. The van der Waals surface area contributed by atoms with Crippen LogP contribution in [0.15, 0.2) is 52.9 Å². The Morgan fingerprint density at radius 2 is 1.79 bits per heavy atom. The van der Waals surface area contributed by atoms with E-state index in [0.29, 0.717) is 29.6 Å². The lowest BCUT2D eigenvalue weighted by atomic mass is 9.98. The maximum absolute atomic E-state index is 12.8. The van der Waals surface area contributed by atoms with Gasteiger partial charge in [0.05, 0.1) is 18.8 Å². The van der Waals surface area contributed by atoms with Gasteiger partial charge in [0.1, 0.15) is 22.7 Å². The Bertz CT molecular complexity index is 1270. The zero-order valence-electron chi connectivity index (χ0n) is 18.4. The minimum atomic E-state index is -3.27. The van der Waals surface area contributed by atoms with E-state index >= 15 is 0 Å². The van der Waals surface area contributed by atoms with E-state index in [4.69, 9.17) is 13.9 Å². The minimum absolute atomic E-state index is 0.209. The molecule has 0 bridgehead atoms. The number of carbonyl (C=O) groups is 2. The maximum Gasteiger partial charge on any atom is 0.342 e. The van der Waals surface area contributed by atoms with Crippen LogP contribution >= 0.6 is 0 Å². The number of esters is 2. The van der Waals surface area contributed by atoms with E-state index in [1.165, 1.54) is 4.31 Å². The first kappa shape index (κ1) is 23.0. The Kier molecular flexibility index (Phi) is 6.53. The third-order valence-corrected chi connectivity index (χ3v) is 6.95. The van der Waals surface area contributed by atoms with Crippen LogP contribution in [-0.2, 0) is 19.6 Å². The molecule has 9 heteroatoms. The fraction of sp³-hybridized carbons (Fsp3) is 0.333. The molecule has 33 heavy (non-hydrogen) atoms. The number of hydrogen-bond acceptors (Lipinski definition) is 7. The molecule has 4 rings (SSSR count). The summed E-state index contributed by atoms with van der Waals surface area (Å²) < 4.78 is 41.5. The first-order chi connectivity index (χ1) is 15.8. The lowest BCUT2D eigenvalue weighted by Crippen LogP contribution is -2.40. The summed E-state index contributed by atoms with van der Waals surface area (Å²) in [5.41, 5.74) is 1.48. The summed E-state index contributed by atoms with van der Waals surface area (Å²) in [6.07, 6.45) is 1.95. The Hall–Kier alpha value is -3.17. The van der Waals surface area contributed by atoms with Gasteiger partial charge in [-0.3, -0.25) is 4.79 Å². The number of rotatable bonds is 6. The molecular formula is C24H25NO7S. The number of benzene rings is 2. The van der Waals surface area contributed by atoms with Crippen LogP contribution in [0.2, 0.25) is 0 Å². The Balaban J connectivity index is 1.60. The molecule has 0 aliphatic carbocycles. The summed E-state index contributed by atoms with van der Waals surface area (Å²) in [5.74, 6) is -0.671. The number of piperidine rings is 1. The van der Waals surface area contributed by atoms with Gasteiger partial charge in [0.2, 0.25) is 10.0 Å². The van der Waals surface area contributed by atoms with Crippen molar-refractivity contribution in [1.82, 2.24) is 4.31 Å². The van der Waals surface area contributed by atoms with Crippen LogP contribution in [0, 0.1) is 5.92 Å². The Morgan fingerprint density at radius 1 is 1.09 bits per heavy atom. The molecule has 2 heterocycles. The molecule has 2 aromatic carbocycles. The normalized spacial score (nSPS) is 15.5. The van der Waals surface area contributed by atoms with E-state index in [9.17, 15) is 18.0 Å². The van der Waals surface area contributed by atoms with Gasteiger partial charge >= 0.3 is 11.9 Å². The quantitative estimate of drug-likeness (QED) is 0.397. The maximum atomic E-state index is 12.8. The molecule has 0 N–H and O–H groups in total. The molecule has 0 atom stereocenters. The fourth-order valence-electron chi connectivity index (χ4n) is 3.96. The number of nitrogens with zero attached hydrogens (tertiary/aromatic N) is 1. The zero-order valence-corrected chi connectivity index (χ0v) is 19.3. The molecule has 0 spiro atoms. The predicted molar refractivity (Wildman–Crippen MR) is 122 cm³/mol. The summed E-state index contributed by atoms with van der Waals surface area (Å²) in [6.45, 7) is 2.50. The molecule has 1 fully saturated rings. The number of carbonyl (C=O) groups excluding carboxylic acids is 2. The molecule has 3 aromatic rings. The molecule has 1 aliphatic rings. The third kappa shape index (κ3) is 4.94. The number of ether oxygens (including phenoxy) is 2. The third-order valence-electron chi connectivity index (χ3n) is 5.65. The predicted octanol–water partition coefficient (Wildman–Crippen LogP) is 3.85. The standard InChI is InChI=1S/C24H25NO7S/c1-3-30-24(27)21-19-15-18(9-10-20(19)32-22(21)16-7-5-4-6-8-16)31-23(26)17-11-13-25(14-12-17)33(2,28)29/h4-10,15,17H,3,11-14H2,1-2H3. The van der Waals surface area contributed by atoms with Gasteiger partial charge in [0, 0.05) is 24.0 Å². The molecule has 0 saturated carbocycles. The van der Waals surface area contributed by atoms with Crippen molar-refractivity contribution in [3.63, 3.8) is 0 Å². The van der Waals surface area contributed by atoms with Gasteiger partial charge < -0.3 is 13.9 Å². The van der Waals surface area contributed by atoms with Crippen molar-refractivity contribution in [2.45, 2.75) is 19.8 Å². The van der Waals surface area contributed by atoms with Crippen molar-refractivity contribution in [2.75, 3.05) is 26.0 Å². The van der Waals surface area contributed by atoms with Crippen LogP contribution in [0.3, 0.4) is 0 Å². The van der Waals surface area contributed by atoms with Gasteiger partial charge in [-0.25, -0.2) is 17.5 Å². The number of sulfonamides is 1. The number of furan rings is 1. The second-order valence-electron chi connectivity index (χ2n) is 7.91. The van der Waals surface area contributed by atoms with Gasteiger partial charge in [-0.2, -0.15) is 0 Å². The van der Waals surface area contributed by atoms with Crippen molar-refractivity contribution in [3.8, 4) is 17.1 Å². The molecule has 1 aromatic heterocycles. The van der Waals surface area contributed by atoms with Crippen molar-refractivity contribution >= 4 is 32.9 Å². The summed E-state index contributed by atoms with van der Waals surface area (Å²) in [5, 5.41) is 0.490. The first-order valence-corrected chi connectivity index (χ1v) is 12.6. The average molecular weight is 472 g/mol. The summed E-state index contributed by atoms with van der Waals surface area (Å²) in [4.78, 5) is 25.5. The van der Waals surface area contributed by atoms with E-state index in [1.54, 1.807) is 25.1 Å². The van der Waals surface area contributed by atoms with E-state index in [-0.39, 0.29) is 31.0 Å².